The lowest BCUT2D eigenvalue weighted by atomic mass is 9.70. The smallest absolute Gasteiger partial charge is 0.0725 e. The van der Waals surface area contributed by atoms with E-state index in [1.807, 2.05) is 0 Å². The molecule has 0 aliphatic heterocycles. The Hall–Kier alpha value is -10.7. The zero-order chi connectivity index (χ0) is 60.2. The van der Waals surface area contributed by atoms with Gasteiger partial charge in [-0.1, -0.05) is 234 Å². The van der Waals surface area contributed by atoms with Crippen molar-refractivity contribution in [1.29, 1.82) is 0 Å². The highest BCUT2D eigenvalue weighted by molar-refractivity contribution is 6.13. The van der Waals surface area contributed by atoms with Gasteiger partial charge in [-0.05, 0) is 205 Å². The molecule has 0 bridgehead atoms. The molecule has 430 valence electrons. The summed E-state index contributed by atoms with van der Waals surface area (Å²) < 4.78 is 4.86. The summed E-state index contributed by atoms with van der Waals surface area (Å²) in [6.07, 6.45) is 1.19. The maximum absolute atomic E-state index is 2.54. The van der Waals surface area contributed by atoms with E-state index in [1.54, 1.807) is 0 Å². The molecule has 0 N–H and O–H groups in total. The molecule has 0 saturated heterocycles. The van der Waals surface area contributed by atoms with Gasteiger partial charge in [-0.15, -0.1) is 0 Å². The van der Waals surface area contributed by atoms with Gasteiger partial charge in [-0.25, -0.2) is 0 Å². The van der Waals surface area contributed by atoms with Crippen molar-refractivity contribution in [2.24, 2.45) is 11.8 Å². The number of benzene rings is 13. The normalized spacial score (nSPS) is 14.2. The SMILES string of the molecule is CC(C)CC(c1ccc(-c2ccc3c(c2)C2(c4ccccc4-3)c3ccccc3-c3ccc(-c4ccc5c(c4)c4cc(N(c6ccc(-c7ccccc7)cc6)c6ccc7c8ccccc8n(-c8ccccc8)c7c6)ccc4n5-c4ccccc4)cc32)cc1)C(C)C. The van der Waals surface area contributed by atoms with Gasteiger partial charge in [0.15, 0.2) is 0 Å². The summed E-state index contributed by atoms with van der Waals surface area (Å²) >= 11 is 0. The third kappa shape index (κ3) is 8.40. The van der Waals surface area contributed by atoms with Crippen LogP contribution in [0.2, 0.25) is 0 Å². The topological polar surface area (TPSA) is 13.1 Å². The van der Waals surface area contributed by atoms with Crippen molar-refractivity contribution in [2.75, 3.05) is 4.90 Å². The Morgan fingerprint density at radius 1 is 0.300 bits per heavy atom. The van der Waals surface area contributed by atoms with Crippen molar-refractivity contribution in [3.8, 4) is 67.0 Å². The number of nitrogens with zero attached hydrogens (tertiary/aromatic N) is 3. The first-order chi connectivity index (χ1) is 44.3. The summed E-state index contributed by atoms with van der Waals surface area (Å²) in [7, 11) is 0. The van der Waals surface area contributed by atoms with E-state index in [0.29, 0.717) is 17.8 Å². The van der Waals surface area contributed by atoms with Crippen LogP contribution in [-0.4, -0.2) is 9.13 Å². The Morgan fingerprint density at radius 2 is 0.722 bits per heavy atom. The molecule has 0 radical (unpaired) electrons. The van der Waals surface area contributed by atoms with Crippen LogP contribution in [0, 0.1) is 11.8 Å². The first-order valence-electron chi connectivity index (χ1n) is 32.1. The highest BCUT2D eigenvalue weighted by Crippen LogP contribution is 2.63. The van der Waals surface area contributed by atoms with Crippen LogP contribution >= 0.6 is 0 Å². The first-order valence-corrected chi connectivity index (χ1v) is 32.1. The van der Waals surface area contributed by atoms with Crippen LogP contribution in [0.5, 0.6) is 0 Å². The number of hydrogen-bond acceptors (Lipinski definition) is 1. The predicted molar refractivity (Wildman–Crippen MR) is 379 cm³/mol. The number of rotatable bonds is 12. The number of aromatic nitrogens is 2. The van der Waals surface area contributed by atoms with E-state index in [9.17, 15) is 0 Å². The van der Waals surface area contributed by atoms with Crippen molar-refractivity contribution >= 4 is 60.7 Å². The molecule has 13 aromatic carbocycles. The zero-order valence-electron chi connectivity index (χ0n) is 51.1. The molecular weight excluding hydrogens is 1090 g/mol. The zero-order valence-corrected chi connectivity index (χ0v) is 51.1. The third-order valence-electron chi connectivity index (χ3n) is 19.8. The summed E-state index contributed by atoms with van der Waals surface area (Å²) in [6.45, 7) is 9.44. The van der Waals surface area contributed by atoms with Gasteiger partial charge in [0, 0.05) is 50.0 Å². The van der Waals surface area contributed by atoms with E-state index in [0.717, 1.165) is 45.0 Å². The van der Waals surface area contributed by atoms with Crippen LogP contribution in [0.1, 0.15) is 67.9 Å². The van der Waals surface area contributed by atoms with Gasteiger partial charge in [0.05, 0.1) is 27.5 Å². The lowest BCUT2D eigenvalue weighted by Gasteiger charge is -2.31. The number of hydrogen-bond donors (Lipinski definition) is 0. The van der Waals surface area contributed by atoms with Crippen LogP contribution in [0.15, 0.2) is 303 Å². The fourth-order valence-electron chi connectivity index (χ4n) is 15.7. The molecule has 0 amide bonds. The molecule has 0 saturated carbocycles. The second-order valence-corrected chi connectivity index (χ2v) is 25.7. The van der Waals surface area contributed by atoms with Gasteiger partial charge < -0.3 is 14.0 Å². The van der Waals surface area contributed by atoms with Gasteiger partial charge in [0.25, 0.3) is 0 Å². The van der Waals surface area contributed by atoms with Crippen molar-refractivity contribution in [3.63, 3.8) is 0 Å². The maximum atomic E-state index is 2.54. The molecule has 1 spiro atoms. The molecule has 3 nitrogen and oxygen atoms in total. The van der Waals surface area contributed by atoms with E-state index >= 15 is 0 Å². The minimum absolute atomic E-state index is 0.520. The van der Waals surface area contributed by atoms with E-state index < -0.39 is 5.41 Å². The van der Waals surface area contributed by atoms with Gasteiger partial charge in [-0.3, -0.25) is 0 Å². The average Bonchev–Trinajstić information content (AvgIpc) is 1.51. The molecule has 0 fully saturated rings. The fourth-order valence-corrected chi connectivity index (χ4v) is 15.7. The monoisotopic (exact) mass is 1150 g/mol. The van der Waals surface area contributed by atoms with E-state index in [2.05, 4.69) is 345 Å². The Balaban J connectivity index is 0.843. The van der Waals surface area contributed by atoms with Crippen LogP contribution in [0.25, 0.3) is 111 Å². The van der Waals surface area contributed by atoms with E-state index in [4.69, 9.17) is 0 Å². The molecule has 17 rings (SSSR count). The highest BCUT2D eigenvalue weighted by Gasteiger charge is 2.52. The molecule has 2 unspecified atom stereocenters. The fraction of sp³-hybridized carbons (Fsp3) is 0.103. The molecule has 2 aromatic heterocycles. The quantitative estimate of drug-likeness (QED) is 0.119. The summed E-state index contributed by atoms with van der Waals surface area (Å²) in [6, 6.07) is 114. The van der Waals surface area contributed by atoms with Gasteiger partial charge in [0.1, 0.15) is 0 Å². The van der Waals surface area contributed by atoms with Gasteiger partial charge in [0.2, 0.25) is 0 Å². The summed E-state index contributed by atoms with van der Waals surface area (Å²) in [5.41, 5.74) is 28.9. The molecule has 2 atom stereocenters. The molecule has 3 heteroatoms. The number of para-hydroxylation sites is 3. The van der Waals surface area contributed by atoms with Crippen LogP contribution in [-0.2, 0) is 5.41 Å². The Bertz CT molecular complexity index is 5250. The number of anilines is 3. The summed E-state index contributed by atoms with van der Waals surface area (Å²) in [4.78, 5) is 2.45. The first kappa shape index (κ1) is 53.5. The largest absolute Gasteiger partial charge is 0.310 e. The molecule has 15 aromatic rings. The summed E-state index contributed by atoms with van der Waals surface area (Å²) in [5.74, 6) is 1.75. The second-order valence-electron chi connectivity index (χ2n) is 25.7. The Morgan fingerprint density at radius 3 is 1.36 bits per heavy atom. The third-order valence-corrected chi connectivity index (χ3v) is 19.8. The minimum Gasteiger partial charge on any atom is -0.310 e. The lowest BCUT2D eigenvalue weighted by Crippen LogP contribution is -2.26. The van der Waals surface area contributed by atoms with E-state index in [1.165, 1.54) is 117 Å². The predicted octanol–water partition coefficient (Wildman–Crippen LogP) is 23.5. The maximum Gasteiger partial charge on any atom is 0.0725 e. The Kier molecular flexibility index (Phi) is 12.6. The second kappa shape index (κ2) is 21.3. The molecule has 2 aliphatic carbocycles. The molecule has 2 aliphatic rings. The standard InChI is InChI=1S/C87H67N3/c1-56(2)50-76(57(3)4)61-34-32-60(33-35-61)63-38-45-72-70-26-14-17-29-79(70)87(81(72)52-63)80-30-18-15-27-71(80)73-46-39-64(53-82(73)87)62-40-48-84-77(51-62)78-54-68(44-49-85(78)89(84)65-22-10-6-11-23-65)88(67-41-36-59(37-42-67)58-20-8-5-9-21-58)69-43-47-75-74-28-16-19-31-83(74)90(86(75)55-69)66-24-12-7-13-25-66/h5-49,51-57,76H,50H2,1-4H3. The van der Waals surface area contributed by atoms with Crippen LogP contribution in [0.3, 0.4) is 0 Å². The molecular formula is C87H67N3. The summed E-state index contributed by atoms with van der Waals surface area (Å²) in [5, 5.41) is 4.83. The van der Waals surface area contributed by atoms with Gasteiger partial charge in [-0.2, -0.15) is 0 Å². The Labute approximate surface area is 527 Å². The molecule has 90 heavy (non-hydrogen) atoms. The highest BCUT2D eigenvalue weighted by atomic mass is 15.1. The average molecular weight is 1150 g/mol. The van der Waals surface area contributed by atoms with Crippen molar-refractivity contribution in [2.45, 2.75) is 45.4 Å². The van der Waals surface area contributed by atoms with Gasteiger partial charge >= 0.3 is 0 Å². The van der Waals surface area contributed by atoms with Crippen LogP contribution < -0.4 is 4.90 Å². The van der Waals surface area contributed by atoms with Crippen LogP contribution in [0.4, 0.5) is 17.1 Å². The minimum atomic E-state index is -0.520. The van der Waals surface area contributed by atoms with E-state index in [-0.39, 0.29) is 0 Å². The van der Waals surface area contributed by atoms with Crippen molar-refractivity contribution in [3.05, 3.63) is 331 Å². The van der Waals surface area contributed by atoms with Crippen molar-refractivity contribution in [1.82, 2.24) is 9.13 Å². The number of fused-ring (bicyclic) bond motifs is 16. The van der Waals surface area contributed by atoms with Crippen molar-refractivity contribution < 1.29 is 0 Å². The lowest BCUT2D eigenvalue weighted by molar-refractivity contribution is 0.408. The molecule has 2 heterocycles.